The number of piperidine rings is 1. The minimum absolute atomic E-state index is 0.0898. The van der Waals surface area contributed by atoms with Crippen LogP contribution in [0, 0.1) is 0 Å². The second kappa shape index (κ2) is 7.41. The summed E-state index contributed by atoms with van der Waals surface area (Å²) in [6, 6.07) is 6.01. The number of nitrogens with zero attached hydrogens (tertiary/aromatic N) is 1. The van der Waals surface area contributed by atoms with Crippen molar-refractivity contribution >= 4 is 21.6 Å². The lowest BCUT2D eigenvalue weighted by molar-refractivity contribution is 0.0159. The first kappa shape index (κ1) is 15.8. The molecule has 5 heteroatoms. The minimum atomic E-state index is -0.446. The van der Waals surface area contributed by atoms with Crippen molar-refractivity contribution in [1.29, 1.82) is 0 Å². The molecule has 1 atom stereocenters. The van der Waals surface area contributed by atoms with Gasteiger partial charge in [-0.2, -0.15) is 0 Å². The molecule has 1 aliphatic heterocycles. The summed E-state index contributed by atoms with van der Waals surface area (Å²) in [5.74, 6) is 0. The van der Waals surface area contributed by atoms with Gasteiger partial charge in [0.25, 0.3) is 0 Å². The number of ether oxygens (including phenoxy) is 1. The Morgan fingerprint density at radius 1 is 1.40 bits per heavy atom. The molecule has 0 bridgehead atoms. The Labute approximate surface area is 128 Å². The van der Waals surface area contributed by atoms with Crippen molar-refractivity contribution in [3.8, 4) is 0 Å². The molecule has 20 heavy (non-hydrogen) atoms. The molecule has 0 aromatic heterocycles. The minimum Gasteiger partial charge on any atom is -0.394 e. The first-order chi connectivity index (χ1) is 9.61. The van der Waals surface area contributed by atoms with Crippen molar-refractivity contribution in [2.45, 2.75) is 32.0 Å². The maximum atomic E-state index is 9.60. The molecule has 1 aliphatic rings. The first-order valence-electron chi connectivity index (χ1n) is 7.06. The predicted octanol–water partition coefficient (Wildman–Crippen LogP) is 2.48. The van der Waals surface area contributed by atoms with Gasteiger partial charge in [0, 0.05) is 17.6 Å². The number of anilines is 1. The zero-order valence-electron chi connectivity index (χ0n) is 11.8. The molecule has 4 nitrogen and oxygen atoms in total. The molecule has 1 aromatic rings. The van der Waals surface area contributed by atoms with E-state index in [9.17, 15) is 5.11 Å². The van der Waals surface area contributed by atoms with Crippen LogP contribution in [-0.2, 0) is 4.74 Å². The van der Waals surface area contributed by atoms with E-state index in [1.165, 1.54) is 0 Å². The Hall–Kier alpha value is -0.620. The van der Waals surface area contributed by atoms with E-state index in [0.717, 1.165) is 41.7 Å². The average Bonchev–Trinajstić information content (AvgIpc) is 2.45. The molecule has 0 unspecified atom stereocenters. The van der Waals surface area contributed by atoms with Gasteiger partial charge in [-0.25, -0.2) is 0 Å². The topological polar surface area (TPSA) is 52.9 Å². The average molecular weight is 344 g/mol. The fourth-order valence-corrected chi connectivity index (χ4v) is 3.17. The summed E-state index contributed by atoms with van der Waals surface area (Å²) in [6.07, 6.45) is 1.77. The largest absolute Gasteiger partial charge is 0.394 e. The summed E-state index contributed by atoms with van der Waals surface area (Å²) < 4.78 is 6.59. The third kappa shape index (κ3) is 3.95. The summed E-state index contributed by atoms with van der Waals surface area (Å²) in [4.78, 5) is 2.33. The van der Waals surface area contributed by atoms with Gasteiger partial charge < -0.3 is 19.8 Å². The van der Waals surface area contributed by atoms with Gasteiger partial charge in [-0.3, -0.25) is 0 Å². The zero-order chi connectivity index (χ0) is 14.5. The third-order valence-corrected chi connectivity index (χ3v) is 4.32. The highest BCUT2D eigenvalue weighted by atomic mass is 79.9. The van der Waals surface area contributed by atoms with E-state index >= 15 is 0 Å². The van der Waals surface area contributed by atoms with E-state index in [0.29, 0.717) is 6.61 Å². The van der Waals surface area contributed by atoms with Gasteiger partial charge in [-0.1, -0.05) is 6.07 Å². The van der Waals surface area contributed by atoms with Crippen LogP contribution in [0.3, 0.4) is 0 Å². The SMILES string of the molecule is C[C@@H](O)c1ccc(N2CCC(OCCO)CC2)c(Br)c1. The van der Waals surface area contributed by atoms with Gasteiger partial charge in [-0.05, 0) is 53.4 Å². The van der Waals surface area contributed by atoms with Crippen LogP contribution in [-0.4, -0.2) is 42.6 Å². The molecule has 1 aromatic carbocycles. The normalized spacial score (nSPS) is 18.3. The number of aliphatic hydroxyl groups is 2. The fraction of sp³-hybridized carbons (Fsp3) is 0.600. The fourth-order valence-electron chi connectivity index (χ4n) is 2.52. The molecule has 0 saturated carbocycles. The van der Waals surface area contributed by atoms with E-state index in [2.05, 4.69) is 26.9 Å². The van der Waals surface area contributed by atoms with E-state index in [-0.39, 0.29) is 12.7 Å². The molecule has 1 fully saturated rings. The summed E-state index contributed by atoms with van der Waals surface area (Å²) >= 11 is 3.59. The van der Waals surface area contributed by atoms with E-state index in [1.54, 1.807) is 6.92 Å². The Bertz CT molecular complexity index is 431. The lowest BCUT2D eigenvalue weighted by Crippen LogP contribution is -2.37. The molecule has 0 amide bonds. The molecule has 0 spiro atoms. The standard InChI is InChI=1S/C15H22BrNO3/c1-11(19)12-2-3-15(14(16)10-12)17-6-4-13(5-7-17)20-9-8-18/h2-3,10-11,13,18-19H,4-9H2,1H3/t11-/m1/s1. The quantitative estimate of drug-likeness (QED) is 0.862. The Morgan fingerprint density at radius 2 is 2.10 bits per heavy atom. The molecule has 1 heterocycles. The van der Waals surface area contributed by atoms with E-state index in [4.69, 9.17) is 9.84 Å². The van der Waals surface area contributed by atoms with Gasteiger partial charge in [0.1, 0.15) is 0 Å². The van der Waals surface area contributed by atoms with Crippen LogP contribution < -0.4 is 4.90 Å². The third-order valence-electron chi connectivity index (χ3n) is 3.68. The predicted molar refractivity (Wildman–Crippen MR) is 83.0 cm³/mol. The van der Waals surface area contributed by atoms with Crippen molar-refractivity contribution in [3.05, 3.63) is 28.2 Å². The lowest BCUT2D eigenvalue weighted by Gasteiger charge is -2.34. The van der Waals surface area contributed by atoms with Crippen LogP contribution >= 0.6 is 15.9 Å². The summed E-state index contributed by atoms with van der Waals surface area (Å²) in [5.41, 5.74) is 2.08. The maximum Gasteiger partial charge on any atom is 0.0762 e. The number of rotatable bonds is 5. The van der Waals surface area contributed by atoms with Crippen LogP contribution in [0.15, 0.2) is 22.7 Å². The number of hydrogen-bond acceptors (Lipinski definition) is 4. The lowest BCUT2D eigenvalue weighted by atomic mass is 10.1. The van der Waals surface area contributed by atoms with Crippen molar-refractivity contribution in [2.24, 2.45) is 0 Å². The maximum absolute atomic E-state index is 9.60. The highest BCUT2D eigenvalue weighted by molar-refractivity contribution is 9.10. The van der Waals surface area contributed by atoms with Gasteiger partial charge in [0.05, 0.1) is 31.1 Å². The Kier molecular flexibility index (Phi) is 5.84. The molecule has 0 radical (unpaired) electrons. The van der Waals surface area contributed by atoms with E-state index in [1.807, 2.05) is 12.1 Å². The molecule has 1 saturated heterocycles. The highest BCUT2D eigenvalue weighted by Crippen LogP contribution is 2.31. The molecule has 112 valence electrons. The van der Waals surface area contributed by atoms with E-state index < -0.39 is 6.10 Å². The van der Waals surface area contributed by atoms with Crippen LogP contribution in [0.4, 0.5) is 5.69 Å². The summed E-state index contributed by atoms with van der Waals surface area (Å²) in [6.45, 7) is 4.18. The van der Waals surface area contributed by atoms with Crippen LogP contribution in [0.2, 0.25) is 0 Å². The van der Waals surface area contributed by atoms with Crippen LogP contribution in [0.1, 0.15) is 31.4 Å². The van der Waals surface area contributed by atoms with Crippen molar-refractivity contribution in [1.82, 2.24) is 0 Å². The van der Waals surface area contributed by atoms with Gasteiger partial charge in [-0.15, -0.1) is 0 Å². The zero-order valence-corrected chi connectivity index (χ0v) is 13.3. The second-order valence-corrected chi connectivity index (χ2v) is 6.02. The first-order valence-corrected chi connectivity index (χ1v) is 7.86. The Morgan fingerprint density at radius 3 is 2.65 bits per heavy atom. The highest BCUT2D eigenvalue weighted by Gasteiger charge is 2.21. The molecular weight excluding hydrogens is 322 g/mol. The van der Waals surface area contributed by atoms with Gasteiger partial charge in [0.2, 0.25) is 0 Å². The molecule has 2 rings (SSSR count). The monoisotopic (exact) mass is 343 g/mol. The number of benzene rings is 1. The second-order valence-electron chi connectivity index (χ2n) is 5.17. The molecule has 0 aliphatic carbocycles. The molecular formula is C15H22BrNO3. The number of aliphatic hydroxyl groups excluding tert-OH is 2. The van der Waals surface area contributed by atoms with Crippen molar-refractivity contribution in [2.75, 3.05) is 31.2 Å². The smallest absolute Gasteiger partial charge is 0.0762 e. The summed E-state index contributed by atoms with van der Waals surface area (Å²) in [5, 5.41) is 18.4. The van der Waals surface area contributed by atoms with Crippen LogP contribution in [0.5, 0.6) is 0 Å². The summed E-state index contributed by atoms with van der Waals surface area (Å²) in [7, 11) is 0. The number of hydrogen-bond donors (Lipinski definition) is 2. The van der Waals surface area contributed by atoms with Gasteiger partial charge >= 0.3 is 0 Å². The van der Waals surface area contributed by atoms with Crippen molar-refractivity contribution in [3.63, 3.8) is 0 Å². The van der Waals surface area contributed by atoms with Crippen molar-refractivity contribution < 1.29 is 14.9 Å². The Balaban J connectivity index is 1.96. The molecule has 2 N–H and O–H groups in total. The number of halogens is 1. The van der Waals surface area contributed by atoms with Gasteiger partial charge in [0.15, 0.2) is 0 Å². The van der Waals surface area contributed by atoms with Crippen LogP contribution in [0.25, 0.3) is 0 Å².